The highest BCUT2D eigenvalue weighted by atomic mass is 35.5. The first kappa shape index (κ1) is 26.9. The molecule has 2 aromatic carbocycles. The van der Waals surface area contributed by atoms with E-state index in [-0.39, 0.29) is 18.3 Å². The van der Waals surface area contributed by atoms with E-state index in [1.807, 2.05) is 0 Å². The van der Waals surface area contributed by atoms with Crippen LogP contribution in [0.2, 0.25) is 5.02 Å². The van der Waals surface area contributed by atoms with Crippen LogP contribution in [0.5, 0.6) is 0 Å². The summed E-state index contributed by atoms with van der Waals surface area (Å²) in [6.07, 6.45) is -3.65. The van der Waals surface area contributed by atoms with Crippen LogP contribution in [0.25, 0.3) is 10.8 Å². The van der Waals surface area contributed by atoms with Gasteiger partial charge in [-0.1, -0.05) is 35.9 Å². The number of anilines is 2. The fraction of sp³-hybridized carbons (Fsp3) is 0.0952. The second-order valence-corrected chi connectivity index (χ2v) is 7.09. The van der Waals surface area contributed by atoms with Crippen molar-refractivity contribution in [3.8, 4) is 0 Å². The molecule has 14 heteroatoms. The van der Waals surface area contributed by atoms with Gasteiger partial charge in [0, 0.05) is 33.8 Å². The Morgan fingerprint density at radius 1 is 1.09 bits per heavy atom. The fourth-order valence-electron chi connectivity index (χ4n) is 2.74. The Morgan fingerprint density at radius 3 is 2.29 bits per heavy atom. The summed E-state index contributed by atoms with van der Waals surface area (Å²) in [5, 5.41) is 30.3. The van der Waals surface area contributed by atoms with Crippen LogP contribution in [0.3, 0.4) is 0 Å². The second-order valence-electron chi connectivity index (χ2n) is 6.68. The summed E-state index contributed by atoms with van der Waals surface area (Å²) < 4.78 is 31.7. The number of hydrogen-bond donors (Lipinski definition) is 6. The maximum absolute atomic E-state index is 13.0. The number of carbonyl (C=O) groups excluding carboxylic acids is 1. The third kappa shape index (κ3) is 7.30. The van der Waals surface area contributed by atoms with E-state index in [1.54, 1.807) is 42.5 Å². The summed E-state index contributed by atoms with van der Waals surface area (Å²) in [7, 11) is 0. The number of nitrogens with zero attached hydrogens (tertiary/aromatic N) is 1. The van der Waals surface area contributed by atoms with Gasteiger partial charge < -0.3 is 26.6 Å². The van der Waals surface area contributed by atoms with Crippen molar-refractivity contribution in [1.82, 2.24) is 4.98 Å². The Morgan fingerprint density at radius 2 is 1.71 bits per heavy atom. The zero-order valence-electron chi connectivity index (χ0n) is 17.5. The number of hydrogen-bond acceptors (Lipinski definition) is 6. The molecule has 1 aromatic heterocycles. The Hall–Kier alpha value is -4.39. The third-order valence-electron chi connectivity index (χ3n) is 4.20. The number of aliphatic carboxylic acids is 2. The first-order valence-corrected chi connectivity index (χ1v) is 9.78. The van der Waals surface area contributed by atoms with Gasteiger partial charge in [0.25, 0.3) is 0 Å². The van der Waals surface area contributed by atoms with Gasteiger partial charge in [0.15, 0.2) is 11.7 Å². The number of guanidine groups is 1. The molecule has 1 heterocycles. The number of ketones is 1. The van der Waals surface area contributed by atoms with E-state index < -0.39 is 18.1 Å². The number of pyridine rings is 1. The number of carbonyl (C=O) groups is 3. The normalized spacial score (nSPS) is 10.6. The summed E-state index contributed by atoms with van der Waals surface area (Å²) in [5.74, 6) is -4.08. The fourth-order valence-corrected chi connectivity index (χ4v) is 2.95. The molecule has 0 fully saturated rings. The van der Waals surface area contributed by atoms with E-state index in [0.29, 0.717) is 38.4 Å². The Kier molecular flexibility index (Phi) is 8.56. The van der Waals surface area contributed by atoms with Crippen molar-refractivity contribution in [1.29, 1.82) is 5.41 Å². The van der Waals surface area contributed by atoms with Gasteiger partial charge in [-0.25, -0.2) is 9.78 Å². The second kappa shape index (κ2) is 11.2. The Labute approximate surface area is 200 Å². The van der Waals surface area contributed by atoms with Crippen LogP contribution in [0.15, 0.2) is 48.7 Å². The number of para-hydroxylation sites is 1. The molecule has 0 saturated carbocycles. The van der Waals surface area contributed by atoms with Crippen LogP contribution >= 0.6 is 11.6 Å². The predicted molar refractivity (Wildman–Crippen MR) is 122 cm³/mol. The van der Waals surface area contributed by atoms with Crippen molar-refractivity contribution in [3.63, 3.8) is 0 Å². The molecule has 0 aliphatic carbocycles. The number of nitrogens with two attached hydrogens (primary N) is 1. The van der Waals surface area contributed by atoms with Gasteiger partial charge in [-0.05, 0) is 18.2 Å². The molecular weight excluding hydrogens is 495 g/mol. The van der Waals surface area contributed by atoms with E-state index >= 15 is 0 Å². The first-order valence-electron chi connectivity index (χ1n) is 9.40. The lowest BCUT2D eigenvalue weighted by Crippen LogP contribution is -2.21. The van der Waals surface area contributed by atoms with Crippen molar-refractivity contribution >= 4 is 57.6 Å². The number of fused-ring (bicyclic) bond motifs is 1. The zero-order chi connectivity index (χ0) is 26.3. The molecule has 0 atom stereocenters. The standard InChI is InChI=1S/C19H16ClN5O3.C2HF3O2/c20-14-8-24-18(25-19(21)22)13-7-10(5-6-11(13)14)17(28)12-3-1-2-4-15(12)23-9-16(26)27;3-2(4,5)1(6)7/h1-8,23H,9H2,(H,26,27)(H4,21,22,24,25);(H,6,7). The zero-order valence-corrected chi connectivity index (χ0v) is 18.2. The van der Waals surface area contributed by atoms with Crippen LogP contribution in [0.4, 0.5) is 24.7 Å². The van der Waals surface area contributed by atoms with Gasteiger partial charge in [-0.3, -0.25) is 15.0 Å². The monoisotopic (exact) mass is 511 g/mol. The highest BCUT2D eigenvalue weighted by Gasteiger charge is 2.38. The van der Waals surface area contributed by atoms with Crippen molar-refractivity contribution < 1.29 is 37.8 Å². The molecular formula is C21H17ClF3N5O5. The topological polar surface area (TPSA) is 178 Å². The lowest BCUT2D eigenvalue weighted by Gasteiger charge is -2.12. The lowest BCUT2D eigenvalue weighted by atomic mass is 9.99. The predicted octanol–water partition coefficient (Wildman–Crippen LogP) is 3.55. The smallest absolute Gasteiger partial charge is 0.480 e. The molecule has 0 spiro atoms. The average Bonchev–Trinajstić information content (AvgIpc) is 2.78. The number of alkyl halides is 3. The molecule has 0 amide bonds. The van der Waals surface area contributed by atoms with Crippen molar-refractivity contribution in [2.75, 3.05) is 17.2 Å². The Bertz CT molecular complexity index is 1300. The summed E-state index contributed by atoms with van der Waals surface area (Å²) in [5.41, 5.74) is 6.50. The first-order chi connectivity index (χ1) is 16.3. The number of benzene rings is 2. The number of carboxylic acids is 2. The molecule has 0 aliphatic rings. The summed E-state index contributed by atoms with van der Waals surface area (Å²) >= 11 is 6.18. The van der Waals surface area contributed by atoms with E-state index in [2.05, 4.69) is 15.6 Å². The molecule has 3 rings (SSSR count). The number of nitrogens with one attached hydrogen (secondary N) is 3. The minimum absolute atomic E-state index is 0.295. The largest absolute Gasteiger partial charge is 0.490 e. The third-order valence-corrected chi connectivity index (χ3v) is 4.50. The van der Waals surface area contributed by atoms with Gasteiger partial charge in [0.2, 0.25) is 0 Å². The Balaban J connectivity index is 0.000000540. The molecule has 10 nitrogen and oxygen atoms in total. The number of aromatic nitrogens is 1. The molecule has 0 saturated heterocycles. The van der Waals surface area contributed by atoms with E-state index in [9.17, 15) is 22.8 Å². The number of halogens is 4. The number of carboxylic acid groups (broad SMARTS) is 2. The summed E-state index contributed by atoms with van der Waals surface area (Å²) in [6, 6.07) is 11.6. The van der Waals surface area contributed by atoms with Crippen LogP contribution in [0.1, 0.15) is 15.9 Å². The SMILES string of the molecule is N=C(N)Nc1ncc(Cl)c2ccc(C(=O)c3ccccc3NCC(=O)O)cc12.O=C(O)C(F)(F)F. The van der Waals surface area contributed by atoms with Crippen LogP contribution in [-0.2, 0) is 9.59 Å². The van der Waals surface area contributed by atoms with E-state index in [1.165, 1.54) is 6.20 Å². The van der Waals surface area contributed by atoms with E-state index in [0.717, 1.165) is 0 Å². The molecule has 7 N–H and O–H groups in total. The molecule has 0 radical (unpaired) electrons. The highest BCUT2D eigenvalue weighted by Crippen LogP contribution is 2.30. The van der Waals surface area contributed by atoms with Crippen LogP contribution in [-0.4, -0.2) is 51.6 Å². The van der Waals surface area contributed by atoms with Gasteiger partial charge >= 0.3 is 18.1 Å². The molecule has 0 aliphatic heterocycles. The maximum atomic E-state index is 13.0. The minimum atomic E-state index is -5.08. The minimum Gasteiger partial charge on any atom is -0.480 e. The lowest BCUT2D eigenvalue weighted by molar-refractivity contribution is -0.192. The summed E-state index contributed by atoms with van der Waals surface area (Å²) in [4.78, 5) is 36.9. The molecule has 3 aromatic rings. The molecule has 0 unspecified atom stereocenters. The van der Waals surface area contributed by atoms with E-state index in [4.69, 9.17) is 37.8 Å². The van der Waals surface area contributed by atoms with Crippen molar-refractivity contribution in [2.24, 2.45) is 5.73 Å². The average molecular weight is 512 g/mol. The quantitative estimate of drug-likeness (QED) is 0.164. The van der Waals surface area contributed by atoms with Crippen LogP contribution in [0, 0.1) is 5.41 Å². The van der Waals surface area contributed by atoms with Crippen LogP contribution < -0.4 is 16.4 Å². The van der Waals surface area contributed by atoms with Gasteiger partial charge in [-0.15, -0.1) is 0 Å². The summed E-state index contributed by atoms with van der Waals surface area (Å²) in [6.45, 7) is -0.311. The van der Waals surface area contributed by atoms with Gasteiger partial charge in [0.05, 0.1) is 5.02 Å². The van der Waals surface area contributed by atoms with Gasteiger partial charge in [-0.2, -0.15) is 13.2 Å². The highest BCUT2D eigenvalue weighted by molar-refractivity contribution is 6.36. The van der Waals surface area contributed by atoms with Crippen molar-refractivity contribution in [2.45, 2.75) is 6.18 Å². The maximum Gasteiger partial charge on any atom is 0.490 e. The van der Waals surface area contributed by atoms with Gasteiger partial charge in [0.1, 0.15) is 12.4 Å². The molecule has 35 heavy (non-hydrogen) atoms. The molecule has 184 valence electrons. The number of rotatable bonds is 6. The van der Waals surface area contributed by atoms with Crippen molar-refractivity contribution in [3.05, 3.63) is 64.8 Å². The molecule has 0 bridgehead atoms.